The van der Waals surface area contributed by atoms with Gasteiger partial charge in [0.1, 0.15) is 5.52 Å². The van der Waals surface area contributed by atoms with Gasteiger partial charge in [-0.05, 0) is 62.1 Å². The van der Waals surface area contributed by atoms with Crippen molar-refractivity contribution in [3.63, 3.8) is 0 Å². The normalized spacial score (nSPS) is 17.2. The number of nitrogens with zero attached hydrogens (tertiary/aromatic N) is 5. The highest BCUT2D eigenvalue weighted by atomic mass is 79.9. The number of piperidine rings is 1. The molecule has 7 nitrogen and oxygen atoms in total. The minimum absolute atomic E-state index is 0.0220. The predicted molar refractivity (Wildman–Crippen MR) is 123 cm³/mol. The van der Waals surface area contributed by atoms with Crippen molar-refractivity contribution in [3.8, 4) is 5.69 Å². The summed E-state index contributed by atoms with van der Waals surface area (Å²) < 4.78 is 8.81. The minimum Gasteiger partial charge on any atom is -0.440 e. The quantitative estimate of drug-likeness (QED) is 0.398. The van der Waals surface area contributed by atoms with Gasteiger partial charge < -0.3 is 9.32 Å². The molecular weight excluding hydrogens is 470 g/mol. The number of hydrogen-bond acceptors (Lipinski definition) is 5. The van der Waals surface area contributed by atoms with Crippen molar-refractivity contribution in [3.05, 3.63) is 70.3 Å². The van der Waals surface area contributed by atoms with E-state index in [0.29, 0.717) is 24.7 Å². The molecule has 2 fully saturated rings. The van der Waals surface area contributed by atoms with Gasteiger partial charge in [0.15, 0.2) is 17.2 Å². The number of halogens is 1. The van der Waals surface area contributed by atoms with Crippen LogP contribution in [0.5, 0.6) is 0 Å². The molecule has 1 saturated carbocycles. The summed E-state index contributed by atoms with van der Waals surface area (Å²) in [6, 6.07) is 15.8. The molecule has 162 valence electrons. The van der Waals surface area contributed by atoms with E-state index in [1.54, 1.807) is 0 Å². The van der Waals surface area contributed by atoms with Crippen LogP contribution in [0.3, 0.4) is 0 Å². The van der Waals surface area contributed by atoms with Gasteiger partial charge in [-0.3, -0.25) is 4.79 Å². The van der Waals surface area contributed by atoms with Crippen LogP contribution in [-0.2, 0) is 0 Å². The van der Waals surface area contributed by atoms with Gasteiger partial charge in [-0.1, -0.05) is 33.3 Å². The van der Waals surface area contributed by atoms with Crippen molar-refractivity contribution in [2.75, 3.05) is 13.1 Å². The van der Waals surface area contributed by atoms with E-state index in [4.69, 9.17) is 4.42 Å². The number of hydrogen-bond donors (Lipinski definition) is 0. The molecule has 32 heavy (non-hydrogen) atoms. The van der Waals surface area contributed by atoms with E-state index in [-0.39, 0.29) is 11.8 Å². The molecular formula is C24H22BrN5O2. The summed E-state index contributed by atoms with van der Waals surface area (Å²) in [6.45, 7) is 1.33. The Balaban J connectivity index is 1.21. The molecule has 0 bridgehead atoms. The molecule has 2 aromatic heterocycles. The van der Waals surface area contributed by atoms with Crippen LogP contribution in [0.15, 0.2) is 57.4 Å². The Morgan fingerprint density at radius 3 is 2.44 bits per heavy atom. The fourth-order valence-corrected chi connectivity index (χ4v) is 4.75. The van der Waals surface area contributed by atoms with Crippen LogP contribution in [0, 0.1) is 0 Å². The zero-order valence-corrected chi connectivity index (χ0v) is 19.0. The SMILES string of the molecule is O=C(c1nnn(-c2ccc(Br)cc2)c1C1CC1)N1CCC(c2nc3ccccc3o2)CC1. The summed E-state index contributed by atoms with van der Waals surface area (Å²) in [6.07, 6.45) is 3.81. The van der Waals surface area contributed by atoms with Gasteiger partial charge in [-0.2, -0.15) is 0 Å². The number of para-hydroxylation sites is 2. The Bertz CT molecular complexity index is 1250. The highest BCUT2D eigenvalue weighted by Crippen LogP contribution is 2.42. The molecule has 6 rings (SSSR count). The molecule has 0 spiro atoms. The molecule has 0 atom stereocenters. The van der Waals surface area contributed by atoms with Crippen LogP contribution >= 0.6 is 15.9 Å². The maximum atomic E-state index is 13.4. The number of oxazole rings is 1. The second-order valence-corrected chi connectivity index (χ2v) is 9.49. The van der Waals surface area contributed by atoms with E-state index in [1.807, 2.05) is 58.1 Å². The Kier molecular flexibility index (Phi) is 4.82. The van der Waals surface area contributed by atoms with E-state index in [1.165, 1.54) is 0 Å². The average Bonchev–Trinajstić information content (AvgIpc) is 3.41. The lowest BCUT2D eigenvalue weighted by Crippen LogP contribution is -2.38. The summed E-state index contributed by atoms with van der Waals surface area (Å²) in [7, 11) is 0. The summed E-state index contributed by atoms with van der Waals surface area (Å²) >= 11 is 3.47. The first-order valence-electron chi connectivity index (χ1n) is 11.0. The van der Waals surface area contributed by atoms with Crippen molar-refractivity contribution in [1.29, 1.82) is 0 Å². The van der Waals surface area contributed by atoms with E-state index in [9.17, 15) is 4.79 Å². The number of carbonyl (C=O) groups is 1. The van der Waals surface area contributed by atoms with Crippen LogP contribution < -0.4 is 0 Å². The Labute approximate surface area is 193 Å². The maximum Gasteiger partial charge on any atom is 0.276 e. The number of rotatable bonds is 4. The molecule has 4 aromatic rings. The highest BCUT2D eigenvalue weighted by Gasteiger charge is 2.37. The lowest BCUT2D eigenvalue weighted by atomic mass is 9.96. The summed E-state index contributed by atoms with van der Waals surface area (Å²) in [5.41, 5.74) is 4.07. The molecule has 1 saturated heterocycles. The number of benzene rings is 2. The van der Waals surface area contributed by atoms with Gasteiger partial charge in [0.2, 0.25) is 0 Å². The highest BCUT2D eigenvalue weighted by molar-refractivity contribution is 9.10. The molecule has 1 aliphatic heterocycles. The van der Waals surface area contributed by atoms with E-state index < -0.39 is 0 Å². The summed E-state index contributed by atoms with van der Waals surface area (Å²) in [5.74, 6) is 1.34. The van der Waals surface area contributed by atoms with Gasteiger partial charge in [0.05, 0.1) is 11.4 Å². The fraction of sp³-hybridized carbons (Fsp3) is 0.333. The zero-order chi connectivity index (χ0) is 21.7. The van der Waals surface area contributed by atoms with Crippen molar-refractivity contribution in [2.24, 2.45) is 0 Å². The molecule has 8 heteroatoms. The number of likely N-dealkylation sites (tertiary alicyclic amines) is 1. The monoisotopic (exact) mass is 491 g/mol. The van der Waals surface area contributed by atoms with E-state index in [0.717, 1.165) is 58.5 Å². The smallest absolute Gasteiger partial charge is 0.276 e. The van der Waals surface area contributed by atoms with Gasteiger partial charge in [-0.25, -0.2) is 9.67 Å². The van der Waals surface area contributed by atoms with Gasteiger partial charge in [-0.15, -0.1) is 5.10 Å². The molecule has 3 heterocycles. The van der Waals surface area contributed by atoms with Gasteiger partial charge in [0.25, 0.3) is 5.91 Å². The molecule has 0 radical (unpaired) electrons. The number of amides is 1. The number of fused-ring (bicyclic) bond motifs is 1. The van der Waals surface area contributed by atoms with Crippen LogP contribution in [0.2, 0.25) is 0 Å². The van der Waals surface area contributed by atoms with Crippen molar-refractivity contribution < 1.29 is 9.21 Å². The Morgan fingerprint density at radius 2 is 1.72 bits per heavy atom. The predicted octanol–water partition coefficient (Wildman–Crippen LogP) is 5.07. The summed E-state index contributed by atoms with van der Waals surface area (Å²) in [4.78, 5) is 20.0. The first kappa shape index (κ1) is 19.7. The molecule has 2 aromatic carbocycles. The van der Waals surface area contributed by atoms with Crippen LogP contribution in [-0.4, -0.2) is 43.9 Å². The van der Waals surface area contributed by atoms with Gasteiger partial charge >= 0.3 is 0 Å². The second kappa shape index (κ2) is 7.85. The van der Waals surface area contributed by atoms with Gasteiger partial charge in [0, 0.05) is 29.4 Å². The van der Waals surface area contributed by atoms with Crippen LogP contribution in [0.1, 0.15) is 59.6 Å². The summed E-state index contributed by atoms with van der Waals surface area (Å²) in [5, 5.41) is 8.70. The molecule has 0 N–H and O–H groups in total. The Morgan fingerprint density at radius 1 is 0.969 bits per heavy atom. The van der Waals surface area contributed by atoms with Crippen molar-refractivity contribution in [1.82, 2.24) is 24.9 Å². The lowest BCUT2D eigenvalue weighted by Gasteiger charge is -2.30. The number of aromatic nitrogens is 4. The standard InChI is InChI=1S/C24H22BrN5O2/c25-17-7-9-18(10-8-17)30-22(15-5-6-15)21(27-28-30)24(31)29-13-11-16(12-14-29)23-26-19-3-1-2-4-20(19)32-23/h1-4,7-10,15-16H,5-6,11-14H2. The molecule has 2 aliphatic rings. The molecule has 0 unspecified atom stereocenters. The van der Waals surface area contributed by atoms with Crippen molar-refractivity contribution >= 4 is 32.9 Å². The minimum atomic E-state index is -0.0220. The van der Waals surface area contributed by atoms with Crippen LogP contribution in [0.25, 0.3) is 16.8 Å². The zero-order valence-electron chi connectivity index (χ0n) is 17.4. The average molecular weight is 492 g/mol. The third-order valence-corrected chi connectivity index (χ3v) is 6.91. The molecule has 1 aliphatic carbocycles. The first-order valence-corrected chi connectivity index (χ1v) is 11.8. The third kappa shape index (κ3) is 3.52. The van der Waals surface area contributed by atoms with Crippen molar-refractivity contribution in [2.45, 2.75) is 37.5 Å². The lowest BCUT2D eigenvalue weighted by molar-refractivity contribution is 0.0699. The second-order valence-electron chi connectivity index (χ2n) is 8.57. The topological polar surface area (TPSA) is 77.1 Å². The fourth-order valence-electron chi connectivity index (χ4n) is 4.48. The van der Waals surface area contributed by atoms with E-state index >= 15 is 0 Å². The maximum absolute atomic E-state index is 13.4. The first-order chi connectivity index (χ1) is 15.7. The largest absolute Gasteiger partial charge is 0.440 e. The van der Waals surface area contributed by atoms with Crippen LogP contribution in [0.4, 0.5) is 0 Å². The number of carbonyl (C=O) groups excluding carboxylic acids is 1. The Hall–Kier alpha value is -3.00. The third-order valence-electron chi connectivity index (χ3n) is 6.38. The van der Waals surface area contributed by atoms with E-state index in [2.05, 4.69) is 31.2 Å². The molecule has 1 amide bonds.